The average Bonchev–Trinajstić information content (AvgIpc) is 3.16. The van der Waals surface area contributed by atoms with Crippen molar-refractivity contribution in [2.75, 3.05) is 7.05 Å². The van der Waals surface area contributed by atoms with Crippen LogP contribution in [0, 0.1) is 36.8 Å². The van der Waals surface area contributed by atoms with E-state index in [4.69, 9.17) is 5.26 Å². The molecule has 1 atom stereocenters. The summed E-state index contributed by atoms with van der Waals surface area (Å²) in [5.74, 6) is -3.16. The Bertz CT molecular complexity index is 1210. The van der Waals surface area contributed by atoms with Crippen molar-refractivity contribution in [1.82, 2.24) is 25.2 Å². The van der Waals surface area contributed by atoms with Crippen molar-refractivity contribution in [3.63, 3.8) is 0 Å². The highest BCUT2D eigenvalue weighted by molar-refractivity contribution is 5.88. The molecule has 0 bridgehead atoms. The van der Waals surface area contributed by atoms with Gasteiger partial charge in [-0.3, -0.25) is 9.59 Å². The molecule has 0 radical (unpaired) electrons. The molecule has 0 saturated carbocycles. The molecule has 0 aliphatic rings. The number of aromatic nitrogens is 3. The third-order valence-electron chi connectivity index (χ3n) is 5.02. The van der Waals surface area contributed by atoms with Crippen molar-refractivity contribution in [2.45, 2.75) is 32.7 Å². The number of hydrogen-bond donors (Lipinski definition) is 2. The SMILES string of the molecule is CNC(=O)C(NC(=O)CCc1c(C)nc2c(C#N)cnn2c1C)c1ccc(F)c(F)c1. The smallest absolute Gasteiger partial charge is 0.246 e. The largest absolute Gasteiger partial charge is 0.357 e. The van der Waals surface area contributed by atoms with E-state index in [-0.39, 0.29) is 12.0 Å². The highest BCUT2D eigenvalue weighted by atomic mass is 19.2. The van der Waals surface area contributed by atoms with Crippen LogP contribution in [0.1, 0.15) is 40.5 Å². The second-order valence-corrected chi connectivity index (χ2v) is 6.95. The summed E-state index contributed by atoms with van der Waals surface area (Å²) in [6, 6.07) is 3.90. The fourth-order valence-corrected chi connectivity index (χ4v) is 3.36. The van der Waals surface area contributed by atoms with Gasteiger partial charge >= 0.3 is 0 Å². The molecule has 2 N–H and O–H groups in total. The lowest BCUT2D eigenvalue weighted by Gasteiger charge is -2.18. The number of amides is 2. The lowest BCUT2D eigenvalue weighted by atomic mass is 10.0. The van der Waals surface area contributed by atoms with Crippen LogP contribution in [0.3, 0.4) is 0 Å². The molecule has 1 unspecified atom stereocenters. The number of rotatable bonds is 6. The topological polar surface area (TPSA) is 112 Å². The van der Waals surface area contributed by atoms with Crippen LogP contribution in [0.4, 0.5) is 8.78 Å². The average molecular weight is 426 g/mol. The van der Waals surface area contributed by atoms with Crippen LogP contribution in [-0.4, -0.2) is 33.5 Å². The first-order valence-corrected chi connectivity index (χ1v) is 9.46. The molecule has 0 aliphatic carbocycles. The van der Waals surface area contributed by atoms with E-state index in [0.29, 0.717) is 23.3 Å². The number of nitrogens with zero attached hydrogens (tertiary/aromatic N) is 4. The van der Waals surface area contributed by atoms with Gasteiger partial charge in [-0.05, 0) is 43.5 Å². The van der Waals surface area contributed by atoms with Crippen molar-refractivity contribution < 1.29 is 18.4 Å². The molecule has 0 saturated heterocycles. The van der Waals surface area contributed by atoms with E-state index >= 15 is 0 Å². The minimum absolute atomic E-state index is 0.0262. The number of carbonyl (C=O) groups is 2. The maximum atomic E-state index is 13.6. The van der Waals surface area contributed by atoms with Gasteiger partial charge in [0.2, 0.25) is 11.8 Å². The minimum Gasteiger partial charge on any atom is -0.357 e. The highest BCUT2D eigenvalue weighted by Gasteiger charge is 2.23. The van der Waals surface area contributed by atoms with Crippen LogP contribution in [0.25, 0.3) is 5.65 Å². The molecule has 0 aliphatic heterocycles. The summed E-state index contributed by atoms with van der Waals surface area (Å²) in [4.78, 5) is 29.2. The molecule has 2 aromatic heterocycles. The van der Waals surface area contributed by atoms with Gasteiger partial charge in [-0.2, -0.15) is 10.4 Å². The molecule has 3 rings (SSSR count). The number of aryl methyl sites for hydroxylation is 2. The number of carbonyl (C=O) groups excluding carboxylic acids is 2. The zero-order valence-corrected chi connectivity index (χ0v) is 17.2. The summed E-state index contributed by atoms with van der Waals surface area (Å²) in [6.45, 7) is 3.60. The predicted octanol–water partition coefficient (Wildman–Crippen LogP) is 2.03. The predicted molar refractivity (Wildman–Crippen MR) is 107 cm³/mol. The summed E-state index contributed by atoms with van der Waals surface area (Å²) in [7, 11) is 1.38. The lowest BCUT2D eigenvalue weighted by molar-refractivity contribution is -0.128. The molecular weight excluding hydrogens is 406 g/mol. The molecule has 3 aromatic rings. The Morgan fingerprint density at radius 3 is 2.65 bits per heavy atom. The summed E-state index contributed by atoms with van der Waals surface area (Å²) >= 11 is 0. The van der Waals surface area contributed by atoms with Gasteiger partial charge in [-0.1, -0.05) is 6.07 Å². The van der Waals surface area contributed by atoms with Crippen molar-refractivity contribution in [2.24, 2.45) is 0 Å². The first-order chi connectivity index (χ1) is 14.8. The van der Waals surface area contributed by atoms with E-state index in [2.05, 4.69) is 20.7 Å². The Kier molecular flexibility index (Phi) is 6.25. The first-order valence-electron chi connectivity index (χ1n) is 9.46. The molecule has 2 heterocycles. The molecule has 10 heteroatoms. The molecular formula is C21H20F2N6O2. The van der Waals surface area contributed by atoms with Crippen LogP contribution in [-0.2, 0) is 16.0 Å². The molecule has 160 valence electrons. The van der Waals surface area contributed by atoms with Gasteiger partial charge in [0.25, 0.3) is 0 Å². The molecule has 0 fully saturated rings. The fourth-order valence-electron chi connectivity index (χ4n) is 3.36. The molecule has 2 amide bonds. The van der Waals surface area contributed by atoms with Gasteiger partial charge in [0.05, 0.1) is 6.20 Å². The molecule has 8 nitrogen and oxygen atoms in total. The van der Waals surface area contributed by atoms with Gasteiger partial charge in [-0.15, -0.1) is 0 Å². The van der Waals surface area contributed by atoms with Crippen molar-refractivity contribution in [1.29, 1.82) is 5.26 Å². The summed E-state index contributed by atoms with van der Waals surface area (Å²) in [6.07, 6.45) is 1.77. The maximum absolute atomic E-state index is 13.6. The number of hydrogen-bond acceptors (Lipinski definition) is 5. The number of halogens is 2. The van der Waals surface area contributed by atoms with E-state index < -0.39 is 29.5 Å². The second kappa shape index (κ2) is 8.87. The summed E-state index contributed by atoms with van der Waals surface area (Å²) in [5, 5.41) is 18.3. The lowest BCUT2D eigenvalue weighted by Crippen LogP contribution is -2.39. The third-order valence-corrected chi connectivity index (χ3v) is 5.02. The fraction of sp³-hybridized carbons (Fsp3) is 0.286. The monoisotopic (exact) mass is 426 g/mol. The zero-order valence-electron chi connectivity index (χ0n) is 17.2. The number of nitrogens with one attached hydrogen (secondary N) is 2. The van der Waals surface area contributed by atoms with E-state index in [9.17, 15) is 18.4 Å². The van der Waals surface area contributed by atoms with Crippen LogP contribution >= 0.6 is 0 Å². The summed E-state index contributed by atoms with van der Waals surface area (Å²) < 4.78 is 28.4. The van der Waals surface area contributed by atoms with Crippen LogP contribution in [0.2, 0.25) is 0 Å². The number of nitriles is 1. The normalized spacial score (nSPS) is 11.7. The Labute approximate surface area is 176 Å². The van der Waals surface area contributed by atoms with Crippen molar-refractivity contribution in [3.05, 3.63) is 64.1 Å². The Hall–Kier alpha value is -3.87. The van der Waals surface area contributed by atoms with Gasteiger partial charge in [0.1, 0.15) is 17.7 Å². The zero-order chi connectivity index (χ0) is 22.7. The van der Waals surface area contributed by atoms with Gasteiger partial charge < -0.3 is 10.6 Å². The Balaban J connectivity index is 1.78. The van der Waals surface area contributed by atoms with Gasteiger partial charge in [-0.25, -0.2) is 18.3 Å². The number of benzene rings is 1. The van der Waals surface area contributed by atoms with E-state index in [1.54, 1.807) is 11.4 Å². The third kappa shape index (κ3) is 4.35. The second-order valence-electron chi connectivity index (χ2n) is 6.95. The van der Waals surface area contributed by atoms with E-state index in [1.165, 1.54) is 19.3 Å². The first kappa shape index (κ1) is 21.8. The number of likely N-dealkylation sites (N-methyl/N-ethyl adjacent to an activating group) is 1. The number of fused-ring (bicyclic) bond motifs is 1. The summed E-state index contributed by atoms with van der Waals surface area (Å²) in [5.41, 5.74) is 3.14. The van der Waals surface area contributed by atoms with Crippen LogP contribution in [0.5, 0.6) is 0 Å². The van der Waals surface area contributed by atoms with E-state index in [0.717, 1.165) is 23.4 Å². The van der Waals surface area contributed by atoms with Crippen LogP contribution in [0.15, 0.2) is 24.4 Å². The van der Waals surface area contributed by atoms with Crippen LogP contribution < -0.4 is 10.6 Å². The maximum Gasteiger partial charge on any atom is 0.246 e. The molecule has 31 heavy (non-hydrogen) atoms. The molecule has 1 aromatic carbocycles. The van der Waals surface area contributed by atoms with E-state index in [1.807, 2.05) is 13.0 Å². The van der Waals surface area contributed by atoms with Crippen molar-refractivity contribution in [3.8, 4) is 6.07 Å². The highest BCUT2D eigenvalue weighted by Crippen LogP contribution is 2.20. The minimum atomic E-state index is -1.17. The van der Waals surface area contributed by atoms with Gasteiger partial charge in [0.15, 0.2) is 17.3 Å². The Morgan fingerprint density at radius 2 is 2.00 bits per heavy atom. The Morgan fingerprint density at radius 1 is 1.26 bits per heavy atom. The quantitative estimate of drug-likeness (QED) is 0.626. The van der Waals surface area contributed by atoms with Gasteiger partial charge in [0, 0.05) is 24.9 Å². The van der Waals surface area contributed by atoms with Crippen molar-refractivity contribution >= 4 is 17.5 Å². The standard InChI is InChI=1S/C21H20F2N6O2/c1-11-15(12(2)29-20(27-11)14(9-24)10-26-29)5-7-18(30)28-19(21(31)25-3)13-4-6-16(22)17(23)8-13/h4,6,8,10,19H,5,7H2,1-3H3,(H,25,31)(H,28,30). The molecule has 0 spiro atoms.